The van der Waals surface area contributed by atoms with E-state index in [-0.39, 0.29) is 5.82 Å². The number of fused-ring (bicyclic) bond motifs is 1. The van der Waals surface area contributed by atoms with Gasteiger partial charge < -0.3 is 5.73 Å². The highest BCUT2D eigenvalue weighted by molar-refractivity contribution is 5.92. The number of aromatic nitrogens is 2. The highest BCUT2D eigenvalue weighted by Gasteiger charge is 2.08. The largest absolute Gasteiger partial charge is 0.382 e. The quantitative estimate of drug-likeness (QED) is 0.694. The van der Waals surface area contributed by atoms with Crippen LogP contribution in [0.25, 0.3) is 22.0 Å². The molecule has 0 aliphatic heterocycles. The van der Waals surface area contributed by atoms with Crippen LogP contribution >= 0.6 is 0 Å². The molecular formula is C13H10FN3. The summed E-state index contributed by atoms with van der Waals surface area (Å²) in [6, 6.07) is 15.3. The monoisotopic (exact) mass is 227 g/mol. The zero-order valence-electron chi connectivity index (χ0n) is 8.97. The Labute approximate surface area is 97.2 Å². The maximum absolute atomic E-state index is 13.3. The van der Waals surface area contributed by atoms with Gasteiger partial charge in [0.25, 0.3) is 0 Å². The molecule has 0 saturated heterocycles. The molecule has 0 radical (unpaired) electrons. The first-order valence-electron chi connectivity index (χ1n) is 5.25. The summed E-state index contributed by atoms with van der Waals surface area (Å²) in [7, 11) is 0. The van der Waals surface area contributed by atoms with E-state index in [9.17, 15) is 4.48 Å². The van der Waals surface area contributed by atoms with Crippen molar-refractivity contribution in [1.82, 2.24) is 10.0 Å². The predicted molar refractivity (Wildman–Crippen MR) is 66.1 cm³/mol. The van der Waals surface area contributed by atoms with Gasteiger partial charge in [-0.1, -0.05) is 45.8 Å². The zero-order valence-corrected chi connectivity index (χ0v) is 8.97. The number of nitrogens with two attached hydrogens (primary N) is 1. The molecule has 0 unspecified atom stereocenters. The number of rotatable bonds is 1. The van der Waals surface area contributed by atoms with Gasteiger partial charge >= 0.3 is 0 Å². The Kier molecular flexibility index (Phi) is 2.08. The van der Waals surface area contributed by atoms with Crippen molar-refractivity contribution in [2.75, 3.05) is 5.73 Å². The third-order valence-electron chi connectivity index (χ3n) is 2.77. The van der Waals surface area contributed by atoms with Crippen LogP contribution < -0.4 is 5.73 Å². The average Bonchev–Trinajstić information content (AvgIpc) is 2.66. The summed E-state index contributed by atoms with van der Waals surface area (Å²) in [5.74, 6) is 0.209. The van der Waals surface area contributed by atoms with Gasteiger partial charge in [-0.2, -0.15) is 0 Å². The Balaban J connectivity index is 2.24. The van der Waals surface area contributed by atoms with Crippen molar-refractivity contribution in [2.45, 2.75) is 0 Å². The molecule has 0 saturated carbocycles. The van der Waals surface area contributed by atoms with Crippen molar-refractivity contribution in [3.05, 3.63) is 48.5 Å². The highest BCUT2D eigenvalue weighted by Crippen LogP contribution is 2.27. The second kappa shape index (κ2) is 3.59. The van der Waals surface area contributed by atoms with Crippen molar-refractivity contribution in [2.24, 2.45) is 0 Å². The van der Waals surface area contributed by atoms with Gasteiger partial charge in [0.2, 0.25) is 0 Å². The summed E-state index contributed by atoms with van der Waals surface area (Å²) in [6.07, 6.45) is 0. The Bertz CT molecular complexity index is 674. The molecule has 17 heavy (non-hydrogen) atoms. The second-order valence-corrected chi connectivity index (χ2v) is 3.84. The maximum atomic E-state index is 13.3. The highest BCUT2D eigenvalue weighted by atomic mass is 19.2. The summed E-state index contributed by atoms with van der Waals surface area (Å²) < 4.78 is 13.3. The fourth-order valence-corrected chi connectivity index (χ4v) is 1.91. The lowest BCUT2D eigenvalue weighted by Gasteiger charge is -2.01. The topological polar surface area (TPSA) is 43.8 Å². The lowest BCUT2D eigenvalue weighted by molar-refractivity contribution is 0.334. The van der Waals surface area contributed by atoms with Crippen molar-refractivity contribution in [3.63, 3.8) is 0 Å². The summed E-state index contributed by atoms with van der Waals surface area (Å²) >= 11 is 0. The van der Waals surface area contributed by atoms with Gasteiger partial charge in [-0.15, -0.1) is 5.10 Å². The first-order chi connectivity index (χ1) is 8.25. The van der Waals surface area contributed by atoms with Gasteiger partial charge in [0.1, 0.15) is 5.52 Å². The van der Waals surface area contributed by atoms with Crippen molar-refractivity contribution in [3.8, 4) is 11.1 Å². The van der Waals surface area contributed by atoms with Gasteiger partial charge in [0, 0.05) is 5.39 Å². The lowest BCUT2D eigenvalue weighted by atomic mass is 10.0. The number of halogens is 1. The summed E-state index contributed by atoms with van der Waals surface area (Å²) in [5.41, 5.74) is 8.11. The van der Waals surface area contributed by atoms with E-state index in [1.165, 1.54) is 0 Å². The van der Waals surface area contributed by atoms with Crippen LogP contribution in [0.5, 0.6) is 0 Å². The molecule has 0 spiro atoms. The number of anilines is 1. The minimum atomic E-state index is 0.209. The van der Waals surface area contributed by atoms with Gasteiger partial charge in [-0.25, -0.2) is 0 Å². The van der Waals surface area contributed by atoms with E-state index in [1.54, 1.807) is 6.07 Å². The average molecular weight is 227 g/mol. The van der Waals surface area contributed by atoms with Crippen LogP contribution in [0.15, 0.2) is 48.5 Å². The first kappa shape index (κ1) is 9.84. The van der Waals surface area contributed by atoms with Gasteiger partial charge in [0.15, 0.2) is 5.82 Å². The van der Waals surface area contributed by atoms with E-state index in [0.29, 0.717) is 15.8 Å². The molecule has 1 heterocycles. The standard InChI is InChI=1S/C13H10FN3/c14-17-12-7-6-10(8-11(12)13(15)16-17)9-4-2-1-3-5-9/h1-8H,(H2,15,16). The third kappa shape index (κ3) is 1.54. The molecule has 3 aromatic rings. The Morgan fingerprint density at radius 2 is 1.76 bits per heavy atom. The van der Waals surface area contributed by atoms with Gasteiger partial charge in [-0.05, 0) is 23.3 Å². The van der Waals surface area contributed by atoms with Crippen LogP contribution in [0.1, 0.15) is 0 Å². The molecule has 0 bridgehead atoms. The molecule has 3 nitrogen and oxygen atoms in total. The molecule has 0 aliphatic carbocycles. The minimum Gasteiger partial charge on any atom is -0.382 e. The fourth-order valence-electron chi connectivity index (χ4n) is 1.91. The minimum absolute atomic E-state index is 0.209. The van der Waals surface area contributed by atoms with Crippen molar-refractivity contribution >= 4 is 16.7 Å². The smallest absolute Gasteiger partial charge is 0.156 e. The molecule has 84 valence electrons. The number of benzene rings is 2. The molecule has 0 aliphatic rings. The third-order valence-corrected chi connectivity index (χ3v) is 2.77. The second-order valence-electron chi connectivity index (χ2n) is 3.84. The van der Waals surface area contributed by atoms with E-state index in [1.807, 2.05) is 42.5 Å². The molecule has 0 fully saturated rings. The number of nitrogen functional groups attached to an aromatic ring is 1. The summed E-state index contributed by atoms with van der Waals surface area (Å²) in [4.78, 5) is 0.305. The Morgan fingerprint density at radius 3 is 2.53 bits per heavy atom. The van der Waals surface area contributed by atoms with E-state index in [0.717, 1.165) is 11.1 Å². The molecule has 3 rings (SSSR count). The fraction of sp³-hybridized carbons (Fsp3) is 0. The van der Waals surface area contributed by atoms with Crippen LogP contribution in [-0.2, 0) is 0 Å². The van der Waals surface area contributed by atoms with Crippen molar-refractivity contribution in [1.29, 1.82) is 0 Å². The van der Waals surface area contributed by atoms with Crippen LogP contribution in [0, 0.1) is 0 Å². The van der Waals surface area contributed by atoms with Crippen LogP contribution in [0.4, 0.5) is 10.3 Å². The van der Waals surface area contributed by atoms with Crippen LogP contribution in [0.2, 0.25) is 0 Å². The molecule has 4 heteroatoms. The normalized spacial score (nSPS) is 10.9. The zero-order chi connectivity index (χ0) is 11.8. The van der Waals surface area contributed by atoms with Gasteiger partial charge in [0.05, 0.1) is 0 Å². The summed E-state index contributed by atoms with van der Waals surface area (Å²) in [6.45, 7) is 0. The number of hydrogen-bond acceptors (Lipinski definition) is 2. The van der Waals surface area contributed by atoms with E-state index in [2.05, 4.69) is 5.10 Å². The first-order valence-corrected chi connectivity index (χ1v) is 5.25. The molecule has 2 aromatic carbocycles. The van der Waals surface area contributed by atoms with Crippen molar-refractivity contribution < 1.29 is 4.48 Å². The molecule has 0 amide bonds. The predicted octanol–water partition coefficient (Wildman–Crippen LogP) is 3.02. The molecule has 1 aromatic heterocycles. The summed E-state index contributed by atoms with van der Waals surface area (Å²) in [5, 5.41) is 4.19. The Morgan fingerprint density at radius 1 is 1.00 bits per heavy atom. The molecule has 0 atom stereocenters. The van der Waals surface area contributed by atoms with Gasteiger partial charge in [-0.3, -0.25) is 0 Å². The molecule has 2 N–H and O–H groups in total. The van der Waals surface area contributed by atoms with Crippen LogP contribution in [0.3, 0.4) is 0 Å². The lowest BCUT2D eigenvalue weighted by Crippen LogP contribution is -1.87. The molecular weight excluding hydrogens is 217 g/mol. The van der Waals surface area contributed by atoms with E-state index < -0.39 is 0 Å². The Hall–Kier alpha value is -2.36. The van der Waals surface area contributed by atoms with E-state index in [4.69, 9.17) is 5.73 Å². The SMILES string of the molecule is Nc1nn(F)c2ccc(-c3ccccc3)cc12. The van der Waals surface area contributed by atoms with Crippen LogP contribution in [-0.4, -0.2) is 10.0 Å². The van der Waals surface area contributed by atoms with E-state index >= 15 is 0 Å². The number of hydrogen-bond donors (Lipinski definition) is 1. The number of nitrogens with zero attached hydrogens (tertiary/aromatic N) is 2. The maximum Gasteiger partial charge on any atom is 0.156 e.